The summed E-state index contributed by atoms with van der Waals surface area (Å²) < 4.78 is 27.9. The first-order valence-corrected chi connectivity index (χ1v) is 9.85. The third-order valence-corrected chi connectivity index (χ3v) is 6.48. The van der Waals surface area contributed by atoms with Gasteiger partial charge in [-0.3, -0.25) is 0 Å². The molecule has 2 rings (SSSR count). The summed E-state index contributed by atoms with van der Waals surface area (Å²) in [5.74, 6) is 0. The van der Waals surface area contributed by atoms with Gasteiger partial charge < -0.3 is 5.32 Å². The second-order valence-electron chi connectivity index (χ2n) is 7.03. The predicted octanol–water partition coefficient (Wildman–Crippen LogP) is 3.02. The van der Waals surface area contributed by atoms with Crippen molar-refractivity contribution in [1.82, 2.24) is 10.0 Å². The van der Waals surface area contributed by atoms with E-state index in [4.69, 9.17) is 0 Å². The van der Waals surface area contributed by atoms with E-state index in [2.05, 4.69) is 30.8 Å². The number of rotatable bonds is 7. The van der Waals surface area contributed by atoms with Crippen LogP contribution in [-0.2, 0) is 16.6 Å². The molecule has 120 valence electrons. The van der Waals surface area contributed by atoms with E-state index in [1.807, 2.05) is 12.3 Å². The van der Waals surface area contributed by atoms with Crippen molar-refractivity contribution in [2.75, 3.05) is 6.54 Å². The van der Waals surface area contributed by atoms with Crippen LogP contribution >= 0.6 is 11.3 Å². The molecule has 0 aromatic carbocycles. The van der Waals surface area contributed by atoms with Crippen LogP contribution in [0.15, 0.2) is 10.3 Å². The zero-order chi connectivity index (χ0) is 15.7. The van der Waals surface area contributed by atoms with Crippen molar-refractivity contribution in [1.29, 1.82) is 0 Å². The molecule has 1 heterocycles. The fraction of sp³-hybridized carbons (Fsp3) is 0.733. The summed E-state index contributed by atoms with van der Waals surface area (Å²) in [6.07, 6.45) is 3.23. The van der Waals surface area contributed by atoms with Crippen LogP contribution in [0.25, 0.3) is 0 Å². The van der Waals surface area contributed by atoms with Gasteiger partial charge in [0, 0.05) is 24.0 Å². The minimum atomic E-state index is -3.41. The predicted molar refractivity (Wildman–Crippen MR) is 88.2 cm³/mol. The summed E-state index contributed by atoms with van der Waals surface area (Å²) in [6, 6.07) is 0.580. The summed E-state index contributed by atoms with van der Waals surface area (Å²) in [6.45, 7) is 9.34. The molecule has 0 amide bonds. The highest BCUT2D eigenvalue weighted by Gasteiger charge is 2.26. The van der Waals surface area contributed by atoms with Gasteiger partial charge in [-0.25, -0.2) is 13.1 Å². The monoisotopic (exact) mass is 330 g/mol. The highest BCUT2D eigenvalue weighted by atomic mass is 32.2. The molecule has 0 spiro atoms. The molecule has 21 heavy (non-hydrogen) atoms. The minimum Gasteiger partial charge on any atom is -0.309 e. The molecule has 1 aliphatic carbocycles. The Hall–Kier alpha value is -0.430. The third kappa shape index (κ3) is 5.06. The first kappa shape index (κ1) is 16.9. The zero-order valence-electron chi connectivity index (χ0n) is 13.3. The molecule has 1 aromatic rings. The average Bonchev–Trinajstić information content (AvgIpc) is 3.07. The van der Waals surface area contributed by atoms with Crippen LogP contribution < -0.4 is 10.0 Å². The van der Waals surface area contributed by atoms with Gasteiger partial charge in [0.2, 0.25) is 10.0 Å². The Labute approximate surface area is 132 Å². The molecule has 1 aliphatic rings. The van der Waals surface area contributed by atoms with Gasteiger partial charge in [0.05, 0.1) is 0 Å². The van der Waals surface area contributed by atoms with Crippen molar-refractivity contribution in [3.05, 3.63) is 15.8 Å². The molecule has 6 heteroatoms. The molecular formula is C15H26N2O2S2. The van der Waals surface area contributed by atoms with Gasteiger partial charge in [-0.2, -0.15) is 0 Å². The first-order valence-electron chi connectivity index (χ1n) is 7.49. The van der Waals surface area contributed by atoms with Crippen LogP contribution in [-0.4, -0.2) is 21.0 Å². The lowest BCUT2D eigenvalue weighted by atomic mass is 9.93. The van der Waals surface area contributed by atoms with Crippen LogP contribution in [0.4, 0.5) is 0 Å². The Morgan fingerprint density at radius 1 is 1.33 bits per heavy atom. The summed E-state index contributed by atoms with van der Waals surface area (Å²) in [5, 5.41) is 5.33. The van der Waals surface area contributed by atoms with Crippen LogP contribution in [0.1, 0.15) is 50.5 Å². The van der Waals surface area contributed by atoms with Gasteiger partial charge >= 0.3 is 0 Å². The van der Waals surface area contributed by atoms with Gasteiger partial charge in [0.1, 0.15) is 4.90 Å². The Balaban J connectivity index is 2.05. The summed E-state index contributed by atoms with van der Waals surface area (Å²) in [7, 11) is -3.41. The van der Waals surface area contributed by atoms with E-state index in [1.165, 1.54) is 24.2 Å². The van der Waals surface area contributed by atoms with Gasteiger partial charge in [-0.05, 0) is 42.5 Å². The van der Waals surface area contributed by atoms with E-state index in [9.17, 15) is 8.42 Å². The van der Waals surface area contributed by atoms with E-state index in [0.717, 1.165) is 16.9 Å². The number of sulfonamides is 1. The molecule has 0 aliphatic heterocycles. The largest absolute Gasteiger partial charge is 0.309 e. The standard InChI is InChI=1S/C15H26N2O2S2/c1-11-10-20-13(9-16-12-5-6-12)14(11)21(18,19)17-8-7-15(2,3)4/h10,12,16-17H,5-9H2,1-4H3. The lowest BCUT2D eigenvalue weighted by molar-refractivity contribution is 0.378. The highest BCUT2D eigenvalue weighted by Crippen LogP contribution is 2.28. The Bertz CT molecular complexity index is 581. The Morgan fingerprint density at radius 3 is 2.57 bits per heavy atom. The average molecular weight is 331 g/mol. The molecule has 4 nitrogen and oxygen atoms in total. The molecule has 0 bridgehead atoms. The zero-order valence-corrected chi connectivity index (χ0v) is 15.0. The second kappa shape index (κ2) is 6.36. The van der Waals surface area contributed by atoms with Crippen molar-refractivity contribution in [2.45, 2.75) is 64.4 Å². The molecule has 0 saturated heterocycles. The number of nitrogens with one attached hydrogen (secondary N) is 2. The SMILES string of the molecule is Cc1csc(CNC2CC2)c1S(=O)(=O)NCCC(C)(C)C. The lowest BCUT2D eigenvalue weighted by Gasteiger charge is -2.18. The van der Waals surface area contributed by atoms with E-state index < -0.39 is 10.0 Å². The summed E-state index contributed by atoms with van der Waals surface area (Å²) in [5.41, 5.74) is 0.971. The molecule has 1 fully saturated rings. The maximum Gasteiger partial charge on any atom is 0.241 e. The topological polar surface area (TPSA) is 58.2 Å². The maximum absolute atomic E-state index is 12.5. The van der Waals surface area contributed by atoms with E-state index in [0.29, 0.717) is 24.0 Å². The number of hydrogen-bond donors (Lipinski definition) is 2. The fourth-order valence-corrected chi connectivity index (χ4v) is 4.92. The molecular weight excluding hydrogens is 304 g/mol. The van der Waals surface area contributed by atoms with Crippen LogP contribution in [0.5, 0.6) is 0 Å². The summed E-state index contributed by atoms with van der Waals surface area (Å²) in [4.78, 5) is 1.40. The van der Waals surface area contributed by atoms with Gasteiger partial charge in [-0.1, -0.05) is 20.8 Å². The lowest BCUT2D eigenvalue weighted by Crippen LogP contribution is -2.29. The Morgan fingerprint density at radius 2 is 2.00 bits per heavy atom. The van der Waals surface area contributed by atoms with Crippen LogP contribution in [0.2, 0.25) is 0 Å². The number of hydrogen-bond acceptors (Lipinski definition) is 4. The van der Waals surface area contributed by atoms with E-state index in [-0.39, 0.29) is 5.41 Å². The summed E-state index contributed by atoms with van der Waals surface area (Å²) >= 11 is 1.53. The molecule has 2 N–H and O–H groups in total. The van der Waals surface area contributed by atoms with E-state index in [1.54, 1.807) is 0 Å². The van der Waals surface area contributed by atoms with Crippen molar-refractivity contribution in [2.24, 2.45) is 5.41 Å². The Kier molecular flexibility index (Phi) is 5.13. The smallest absolute Gasteiger partial charge is 0.241 e. The molecule has 1 aromatic heterocycles. The highest BCUT2D eigenvalue weighted by molar-refractivity contribution is 7.89. The number of aryl methyl sites for hydroxylation is 1. The van der Waals surface area contributed by atoms with Crippen LogP contribution in [0, 0.1) is 12.3 Å². The fourth-order valence-electron chi connectivity index (χ4n) is 2.13. The normalized spacial score (nSPS) is 16.4. The maximum atomic E-state index is 12.5. The quantitative estimate of drug-likeness (QED) is 0.808. The van der Waals surface area contributed by atoms with Crippen molar-refractivity contribution >= 4 is 21.4 Å². The molecule has 1 saturated carbocycles. The third-order valence-electron chi connectivity index (χ3n) is 3.55. The molecule has 0 radical (unpaired) electrons. The van der Waals surface area contributed by atoms with E-state index >= 15 is 0 Å². The van der Waals surface area contributed by atoms with Gasteiger partial charge in [0.15, 0.2) is 0 Å². The van der Waals surface area contributed by atoms with Crippen molar-refractivity contribution < 1.29 is 8.42 Å². The van der Waals surface area contributed by atoms with Gasteiger partial charge in [0.25, 0.3) is 0 Å². The van der Waals surface area contributed by atoms with Crippen molar-refractivity contribution in [3.63, 3.8) is 0 Å². The van der Waals surface area contributed by atoms with Crippen LogP contribution in [0.3, 0.4) is 0 Å². The second-order valence-corrected chi connectivity index (χ2v) is 9.70. The van der Waals surface area contributed by atoms with Crippen molar-refractivity contribution in [3.8, 4) is 0 Å². The minimum absolute atomic E-state index is 0.128. The molecule has 0 unspecified atom stereocenters. The van der Waals surface area contributed by atoms with Gasteiger partial charge in [-0.15, -0.1) is 11.3 Å². The number of thiophene rings is 1. The first-order chi connectivity index (χ1) is 9.69. The molecule has 0 atom stereocenters.